The van der Waals surface area contributed by atoms with Crippen LogP contribution in [0.15, 0.2) is 55.1 Å². The lowest BCUT2D eigenvalue weighted by Gasteiger charge is -2.29. The zero-order valence-electron chi connectivity index (χ0n) is 18.7. The summed E-state index contributed by atoms with van der Waals surface area (Å²) in [6.45, 7) is 3.03. The van der Waals surface area contributed by atoms with Crippen LogP contribution in [0.2, 0.25) is 0 Å². The van der Waals surface area contributed by atoms with E-state index in [0.717, 1.165) is 70.1 Å². The molecule has 180 valence electrons. The molecule has 1 saturated heterocycles. The van der Waals surface area contributed by atoms with Gasteiger partial charge in [0.2, 0.25) is 0 Å². The van der Waals surface area contributed by atoms with Crippen molar-refractivity contribution in [3.63, 3.8) is 0 Å². The van der Waals surface area contributed by atoms with Crippen molar-refractivity contribution in [3.05, 3.63) is 67.1 Å². The summed E-state index contributed by atoms with van der Waals surface area (Å²) in [4.78, 5) is 24.2. The Kier molecular flexibility index (Phi) is 8.25. The molecule has 1 aromatic heterocycles. The molecule has 0 N–H and O–H groups in total. The Balaban J connectivity index is 0.000000157. The summed E-state index contributed by atoms with van der Waals surface area (Å²) in [5.41, 5.74) is 3.42. The van der Waals surface area contributed by atoms with Crippen LogP contribution in [0, 0.1) is 0 Å². The first kappa shape index (κ1) is 25.1. The minimum atomic E-state index is 0. The predicted octanol–water partition coefficient (Wildman–Crippen LogP) is 7.39. The molecule has 3 aromatic rings. The van der Waals surface area contributed by atoms with Crippen molar-refractivity contribution in [1.82, 2.24) is 14.5 Å². The maximum Gasteiger partial charge on any atom is 0.261 e. The van der Waals surface area contributed by atoms with E-state index in [-0.39, 0.29) is 13.0 Å². The van der Waals surface area contributed by atoms with Gasteiger partial charge in [-0.25, -0.2) is 9.98 Å². The molecule has 0 aliphatic carbocycles. The molecule has 6 rings (SSSR count). The highest BCUT2D eigenvalue weighted by Crippen LogP contribution is 2.31. The third-order valence-electron chi connectivity index (χ3n) is 6.63. The number of rotatable bonds is 0. The van der Waals surface area contributed by atoms with Gasteiger partial charge in [0.25, 0.3) is 5.56 Å². The SMILES string of the molecule is Brc1ccc2c(c1)N=C1CCCCCN1C2.C.O=c1c2ccc(Br)cc2nc2n1CCCCC2. The van der Waals surface area contributed by atoms with Gasteiger partial charge in [0.1, 0.15) is 11.7 Å². The van der Waals surface area contributed by atoms with Crippen molar-refractivity contribution in [2.45, 2.75) is 71.9 Å². The second kappa shape index (κ2) is 11.2. The zero-order valence-corrected chi connectivity index (χ0v) is 21.9. The number of aromatic nitrogens is 2. The van der Waals surface area contributed by atoms with Crippen LogP contribution in [0.5, 0.6) is 0 Å². The Labute approximate surface area is 218 Å². The first-order chi connectivity index (χ1) is 16.1. The average molecular weight is 588 g/mol. The number of nitrogens with zero attached hydrogens (tertiary/aromatic N) is 4. The van der Waals surface area contributed by atoms with Gasteiger partial charge < -0.3 is 4.90 Å². The van der Waals surface area contributed by atoms with Crippen molar-refractivity contribution in [3.8, 4) is 0 Å². The van der Waals surface area contributed by atoms with E-state index in [9.17, 15) is 4.79 Å². The molecule has 0 saturated carbocycles. The van der Waals surface area contributed by atoms with Crippen LogP contribution in [0.25, 0.3) is 10.9 Å². The summed E-state index contributed by atoms with van der Waals surface area (Å²) >= 11 is 6.93. The Bertz CT molecular complexity index is 1270. The third-order valence-corrected chi connectivity index (χ3v) is 7.62. The van der Waals surface area contributed by atoms with E-state index in [1.54, 1.807) is 0 Å². The summed E-state index contributed by atoms with van der Waals surface area (Å²) in [7, 11) is 0. The quantitative estimate of drug-likeness (QED) is 0.275. The van der Waals surface area contributed by atoms with Gasteiger partial charge in [-0.1, -0.05) is 58.2 Å². The summed E-state index contributed by atoms with van der Waals surface area (Å²) in [5, 5.41) is 0.721. The number of benzene rings is 2. The van der Waals surface area contributed by atoms with Crippen molar-refractivity contribution < 1.29 is 0 Å². The second-order valence-corrected chi connectivity index (χ2v) is 10.8. The third kappa shape index (κ3) is 5.46. The summed E-state index contributed by atoms with van der Waals surface area (Å²) < 4.78 is 3.94. The maximum atomic E-state index is 12.3. The van der Waals surface area contributed by atoms with Crippen molar-refractivity contribution in [2.24, 2.45) is 4.99 Å². The van der Waals surface area contributed by atoms with Crippen molar-refractivity contribution in [2.75, 3.05) is 6.54 Å². The van der Waals surface area contributed by atoms with E-state index in [2.05, 4.69) is 59.9 Å². The summed E-state index contributed by atoms with van der Waals surface area (Å²) in [5.74, 6) is 2.24. The fourth-order valence-electron chi connectivity index (χ4n) is 4.86. The summed E-state index contributed by atoms with van der Waals surface area (Å²) in [6, 6.07) is 12.1. The fourth-order valence-corrected chi connectivity index (χ4v) is 5.56. The molecule has 34 heavy (non-hydrogen) atoms. The highest BCUT2D eigenvalue weighted by Gasteiger charge is 2.21. The van der Waals surface area contributed by atoms with Crippen molar-refractivity contribution in [1.29, 1.82) is 0 Å². The van der Waals surface area contributed by atoms with E-state index in [0.29, 0.717) is 0 Å². The van der Waals surface area contributed by atoms with E-state index >= 15 is 0 Å². The van der Waals surface area contributed by atoms with Crippen LogP contribution < -0.4 is 5.56 Å². The highest BCUT2D eigenvalue weighted by atomic mass is 79.9. The molecule has 0 bridgehead atoms. The smallest absolute Gasteiger partial charge is 0.261 e. The topological polar surface area (TPSA) is 50.5 Å². The van der Waals surface area contributed by atoms with E-state index in [4.69, 9.17) is 4.99 Å². The number of amidine groups is 1. The molecule has 2 aromatic carbocycles. The highest BCUT2D eigenvalue weighted by molar-refractivity contribution is 9.10. The minimum Gasteiger partial charge on any atom is -0.356 e. The van der Waals surface area contributed by atoms with Crippen molar-refractivity contribution >= 4 is 54.3 Å². The predicted molar refractivity (Wildman–Crippen MR) is 148 cm³/mol. The number of fused-ring (bicyclic) bond motifs is 4. The van der Waals surface area contributed by atoms with Gasteiger partial charge in [-0.2, -0.15) is 0 Å². The molecule has 0 radical (unpaired) electrons. The Morgan fingerprint density at radius 2 is 1.56 bits per heavy atom. The number of halogens is 2. The molecule has 5 nitrogen and oxygen atoms in total. The molecule has 0 atom stereocenters. The lowest BCUT2D eigenvalue weighted by molar-refractivity contribution is 0.403. The Morgan fingerprint density at radius 1 is 0.824 bits per heavy atom. The number of hydrogen-bond donors (Lipinski definition) is 0. The van der Waals surface area contributed by atoms with E-state index in [1.807, 2.05) is 22.8 Å². The van der Waals surface area contributed by atoms with Gasteiger partial charge in [-0.15, -0.1) is 0 Å². The maximum absolute atomic E-state index is 12.3. The summed E-state index contributed by atoms with van der Waals surface area (Å²) in [6.07, 6.45) is 9.40. The molecule has 1 fully saturated rings. The normalized spacial score (nSPS) is 17.0. The largest absolute Gasteiger partial charge is 0.356 e. The molecule has 0 amide bonds. The molecule has 0 unspecified atom stereocenters. The van der Waals surface area contributed by atoms with Crippen LogP contribution in [0.3, 0.4) is 0 Å². The monoisotopic (exact) mass is 586 g/mol. The number of aryl methyl sites for hydroxylation is 1. The van der Waals surface area contributed by atoms with Gasteiger partial charge in [-0.3, -0.25) is 9.36 Å². The first-order valence-corrected chi connectivity index (χ1v) is 13.5. The van der Waals surface area contributed by atoms with E-state index < -0.39 is 0 Å². The van der Waals surface area contributed by atoms with Gasteiger partial charge in [0.05, 0.1) is 16.6 Å². The van der Waals surface area contributed by atoms with Crippen LogP contribution in [0.1, 0.15) is 63.8 Å². The number of hydrogen-bond acceptors (Lipinski definition) is 4. The molecule has 0 spiro atoms. The van der Waals surface area contributed by atoms with Crippen LogP contribution >= 0.6 is 31.9 Å². The molecular formula is C27H32Br2N4O. The van der Waals surface area contributed by atoms with Crippen LogP contribution in [-0.4, -0.2) is 26.8 Å². The standard InChI is InChI=1S/C13H13BrN2O.C13H15BrN2.CH4/c14-9-5-6-10-11(8-9)15-12-4-2-1-3-7-16(12)13(10)17;14-11-6-5-10-9-16-7-3-1-2-4-13(16)15-12(10)8-11;/h5-6,8H,1-4,7H2;5-6,8H,1-4,7,9H2;1H4. The van der Waals surface area contributed by atoms with Crippen LogP contribution in [-0.2, 0) is 19.5 Å². The van der Waals surface area contributed by atoms with Crippen LogP contribution in [0.4, 0.5) is 5.69 Å². The van der Waals surface area contributed by atoms with Gasteiger partial charge in [0, 0.05) is 41.4 Å². The molecule has 3 aliphatic rings. The second-order valence-electron chi connectivity index (χ2n) is 8.99. The molecule has 4 heterocycles. The lowest BCUT2D eigenvalue weighted by atomic mass is 10.1. The average Bonchev–Trinajstić information content (AvgIpc) is 3.18. The van der Waals surface area contributed by atoms with Gasteiger partial charge in [0.15, 0.2) is 0 Å². The zero-order chi connectivity index (χ0) is 22.8. The minimum absolute atomic E-state index is 0. The van der Waals surface area contributed by atoms with Gasteiger partial charge in [-0.05, 0) is 61.6 Å². The molecular weight excluding hydrogens is 556 g/mol. The Morgan fingerprint density at radius 3 is 2.41 bits per heavy atom. The van der Waals surface area contributed by atoms with Gasteiger partial charge >= 0.3 is 0 Å². The lowest BCUT2D eigenvalue weighted by Crippen LogP contribution is -2.32. The Hall–Kier alpha value is -1.99. The number of aliphatic imine (C=N–C) groups is 1. The fraction of sp³-hybridized carbons (Fsp3) is 0.444. The molecule has 3 aliphatic heterocycles. The molecule has 7 heteroatoms. The van der Waals surface area contributed by atoms with E-state index in [1.165, 1.54) is 43.6 Å². The first-order valence-electron chi connectivity index (χ1n) is 11.9.